The minimum atomic E-state index is 0.0382. The van der Waals surface area contributed by atoms with Gasteiger partial charge in [0, 0.05) is 24.9 Å². The van der Waals surface area contributed by atoms with Crippen LogP contribution in [-0.4, -0.2) is 35.5 Å². The van der Waals surface area contributed by atoms with Gasteiger partial charge >= 0.3 is 0 Å². The second-order valence-electron chi connectivity index (χ2n) is 7.14. The highest BCUT2D eigenvalue weighted by molar-refractivity contribution is 6.30. The van der Waals surface area contributed by atoms with Crippen LogP contribution in [0.4, 0.5) is 0 Å². The Labute approximate surface area is 162 Å². The van der Waals surface area contributed by atoms with Gasteiger partial charge in [0.15, 0.2) is 0 Å². The number of amides is 1. The minimum Gasteiger partial charge on any atom is -0.493 e. The third kappa shape index (κ3) is 2.94. The normalized spacial score (nSPS) is 15.8. The highest BCUT2D eigenvalue weighted by Gasteiger charge is 2.22. The van der Waals surface area contributed by atoms with E-state index < -0.39 is 0 Å². The first-order valence-electron chi connectivity index (χ1n) is 9.35. The molecule has 0 saturated carbocycles. The number of carbonyl (C=O) groups is 1. The van der Waals surface area contributed by atoms with Crippen LogP contribution in [0.2, 0.25) is 5.15 Å². The summed E-state index contributed by atoms with van der Waals surface area (Å²) in [4.78, 5) is 19.3. The molecule has 1 saturated heterocycles. The molecule has 136 valence electrons. The number of rotatable bonds is 2. The van der Waals surface area contributed by atoms with Crippen molar-refractivity contribution in [2.24, 2.45) is 0 Å². The Morgan fingerprint density at radius 1 is 1.04 bits per heavy atom. The van der Waals surface area contributed by atoms with E-state index in [-0.39, 0.29) is 5.91 Å². The number of fused-ring (bicyclic) bond motifs is 2. The molecule has 3 heterocycles. The molecular formula is C22H19ClN2O2. The van der Waals surface area contributed by atoms with E-state index in [4.69, 9.17) is 16.3 Å². The predicted molar refractivity (Wildman–Crippen MR) is 107 cm³/mol. The van der Waals surface area contributed by atoms with Crippen molar-refractivity contribution in [2.45, 2.75) is 19.3 Å². The minimum absolute atomic E-state index is 0.0382. The quantitative estimate of drug-likeness (QED) is 0.605. The lowest BCUT2D eigenvalue weighted by Crippen LogP contribution is -2.27. The van der Waals surface area contributed by atoms with Gasteiger partial charge in [0.25, 0.3) is 5.91 Å². The van der Waals surface area contributed by atoms with Gasteiger partial charge in [-0.05, 0) is 53.8 Å². The SMILES string of the molecule is O=C(c1cc(Cl)nc2ccc(-c3ccc4c(c3)OCC4)cc12)N1CCCC1. The lowest BCUT2D eigenvalue weighted by molar-refractivity contribution is 0.0794. The zero-order chi connectivity index (χ0) is 18.4. The molecule has 0 bridgehead atoms. The van der Waals surface area contributed by atoms with Crippen LogP contribution < -0.4 is 4.74 Å². The molecule has 4 nitrogen and oxygen atoms in total. The second-order valence-corrected chi connectivity index (χ2v) is 7.53. The second kappa shape index (κ2) is 6.54. The zero-order valence-electron chi connectivity index (χ0n) is 14.9. The van der Waals surface area contributed by atoms with Crippen molar-refractivity contribution in [3.05, 3.63) is 58.7 Å². The maximum Gasteiger partial charge on any atom is 0.254 e. The van der Waals surface area contributed by atoms with Crippen LogP contribution in [0, 0.1) is 0 Å². The predicted octanol–water partition coefficient (Wildman–Crippen LogP) is 4.73. The van der Waals surface area contributed by atoms with Gasteiger partial charge in [-0.3, -0.25) is 4.79 Å². The number of nitrogens with zero attached hydrogens (tertiary/aromatic N) is 2. The van der Waals surface area contributed by atoms with E-state index in [1.807, 2.05) is 23.1 Å². The lowest BCUT2D eigenvalue weighted by atomic mass is 9.99. The first kappa shape index (κ1) is 16.6. The maximum absolute atomic E-state index is 13.0. The van der Waals surface area contributed by atoms with Crippen LogP contribution in [0.1, 0.15) is 28.8 Å². The van der Waals surface area contributed by atoms with E-state index in [1.165, 1.54) is 5.56 Å². The lowest BCUT2D eigenvalue weighted by Gasteiger charge is -2.17. The summed E-state index contributed by atoms with van der Waals surface area (Å²) in [6, 6.07) is 14.0. The number of aromatic nitrogens is 1. The van der Waals surface area contributed by atoms with Gasteiger partial charge in [-0.2, -0.15) is 0 Å². The zero-order valence-corrected chi connectivity index (χ0v) is 15.6. The summed E-state index contributed by atoms with van der Waals surface area (Å²) < 4.78 is 5.70. The third-order valence-electron chi connectivity index (χ3n) is 5.43. The molecule has 5 rings (SSSR count). The molecule has 0 N–H and O–H groups in total. The van der Waals surface area contributed by atoms with Crippen molar-refractivity contribution >= 4 is 28.4 Å². The molecule has 1 aromatic heterocycles. The van der Waals surface area contributed by atoms with E-state index in [1.54, 1.807) is 6.07 Å². The van der Waals surface area contributed by atoms with Crippen LogP contribution in [-0.2, 0) is 6.42 Å². The summed E-state index contributed by atoms with van der Waals surface area (Å²) in [5.74, 6) is 0.992. The Balaban J connectivity index is 1.63. The van der Waals surface area contributed by atoms with Crippen LogP contribution in [0.5, 0.6) is 5.75 Å². The van der Waals surface area contributed by atoms with E-state index in [9.17, 15) is 4.79 Å². The number of halogens is 1. The summed E-state index contributed by atoms with van der Waals surface area (Å²) in [6.45, 7) is 2.36. The molecule has 2 aliphatic heterocycles. The highest BCUT2D eigenvalue weighted by atomic mass is 35.5. The van der Waals surface area contributed by atoms with E-state index in [0.717, 1.165) is 66.7 Å². The smallest absolute Gasteiger partial charge is 0.254 e. The Morgan fingerprint density at radius 2 is 1.81 bits per heavy atom. The molecule has 0 spiro atoms. The van der Waals surface area contributed by atoms with Gasteiger partial charge in [0.2, 0.25) is 0 Å². The van der Waals surface area contributed by atoms with Gasteiger partial charge < -0.3 is 9.64 Å². The van der Waals surface area contributed by atoms with Gasteiger partial charge in [-0.15, -0.1) is 0 Å². The fraction of sp³-hybridized carbons (Fsp3) is 0.273. The van der Waals surface area contributed by atoms with Crippen molar-refractivity contribution in [3.63, 3.8) is 0 Å². The Kier molecular flexibility index (Phi) is 4.01. The molecule has 5 heteroatoms. The molecule has 1 fully saturated rings. The molecule has 2 aromatic carbocycles. The van der Waals surface area contributed by atoms with Crippen molar-refractivity contribution in [2.75, 3.05) is 19.7 Å². The van der Waals surface area contributed by atoms with Gasteiger partial charge in [0.1, 0.15) is 10.9 Å². The van der Waals surface area contributed by atoms with E-state index in [0.29, 0.717) is 10.7 Å². The Hall–Kier alpha value is -2.59. The van der Waals surface area contributed by atoms with Crippen LogP contribution in [0.25, 0.3) is 22.0 Å². The monoisotopic (exact) mass is 378 g/mol. The fourth-order valence-electron chi connectivity index (χ4n) is 3.99. The fourth-order valence-corrected chi connectivity index (χ4v) is 4.19. The van der Waals surface area contributed by atoms with Gasteiger partial charge in [-0.1, -0.05) is 29.8 Å². The van der Waals surface area contributed by atoms with Crippen molar-refractivity contribution in [3.8, 4) is 16.9 Å². The highest BCUT2D eigenvalue weighted by Crippen LogP contribution is 2.33. The van der Waals surface area contributed by atoms with Crippen LogP contribution >= 0.6 is 11.6 Å². The summed E-state index contributed by atoms with van der Waals surface area (Å²) in [5, 5.41) is 1.19. The summed E-state index contributed by atoms with van der Waals surface area (Å²) in [7, 11) is 0. The van der Waals surface area contributed by atoms with Crippen LogP contribution in [0.3, 0.4) is 0 Å². The topological polar surface area (TPSA) is 42.4 Å². The van der Waals surface area contributed by atoms with Crippen molar-refractivity contribution < 1.29 is 9.53 Å². The van der Waals surface area contributed by atoms with E-state index >= 15 is 0 Å². The number of pyridine rings is 1. The van der Waals surface area contributed by atoms with Crippen molar-refractivity contribution in [1.29, 1.82) is 0 Å². The maximum atomic E-state index is 13.0. The molecule has 2 aliphatic rings. The molecule has 3 aromatic rings. The molecule has 0 atom stereocenters. The summed E-state index contributed by atoms with van der Waals surface area (Å²) in [6.07, 6.45) is 3.08. The molecule has 0 radical (unpaired) electrons. The van der Waals surface area contributed by atoms with Crippen LogP contribution in [0.15, 0.2) is 42.5 Å². The number of benzene rings is 2. The van der Waals surface area contributed by atoms with Gasteiger partial charge in [0.05, 0.1) is 17.7 Å². The summed E-state index contributed by atoms with van der Waals surface area (Å²) in [5.41, 5.74) is 4.74. The standard InChI is InChI=1S/C22H19ClN2O2/c23-21-13-18(22(26)25-8-1-2-9-25)17-11-15(5-6-19(17)24-21)16-4-3-14-7-10-27-20(14)12-16/h3-6,11-13H,1-2,7-10H2. The number of ether oxygens (including phenoxy) is 1. The van der Waals surface area contributed by atoms with Gasteiger partial charge in [-0.25, -0.2) is 4.98 Å². The Morgan fingerprint density at radius 3 is 2.67 bits per heavy atom. The number of hydrogen-bond acceptors (Lipinski definition) is 3. The average molecular weight is 379 g/mol. The first-order chi connectivity index (χ1) is 13.2. The third-order valence-corrected chi connectivity index (χ3v) is 5.62. The number of carbonyl (C=O) groups excluding carboxylic acids is 1. The molecule has 0 unspecified atom stereocenters. The molecule has 0 aliphatic carbocycles. The molecular weight excluding hydrogens is 360 g/mol. The number of likely N-dealkylation sites (tertiary alicyclic amines) is 1. The number of hydrogen-bond donors (Lipinski definition) is 0. The molecule has 27 heavy (non-hydrogen) atoms. The van der Waals surface area contributed by atoms with E-state index in [2.05, 4.69) is 23.2 Å². The first-order valence-corrected chi connectivity index (χ1v) is 9.72. The van der Waals surface area contributed by atoms with Crippen molar-refractivity contribution in [1.82, 2.24) is 9.88 Å². The molecule has 1 amide bonds. The Bertz CT molecular complexity index is 1060. The largest absolute Gasteiger partial charge is 0.493 e. The average Bonchev–Trinajstić information content (AvgIpc) is 3.37. The summed E-state index contributed by atoms with van der Waals surface area (Å²) >= 11 is 6.20.